The van der Waals surface area contributed by atoms with Gasteiger partial charge in [-0.1, -0.05) is 48.5 Å². The van der Waals surface area contributed by atoms with Gasteiger partial charge in [0.05, 0.1) is 22.7 Å². The lowest BCUT2D eigenvalue weighted by Gasteiger charge is -2.27. The fourth-order valence-electron chi connectivity index (χ4n) is 3.48. The number of benzene rings is 3. The van der Waals surface area contributed by atoms with Crippen LogP contribution in [0.2, 0.25) is 0 Å². The molecule has 0 aromatic heterocycles. The number of nitrogens with zero attached hydrogens (tertiary/aromatic N) is 1. The second-order valence-electron chi connectivity index (χ2n) is 6.72. The van der Waals surface area contributed by atoms with E-state index in [2.05, 4.69) is 5.32 Å². The van der Waals surface area contributed by atoms with Gasteiger partial charge in [-0.15, -0.1) is 0 Å². The Balaban J connectivity index is 1.69. The zero-order valence-corrected chi connectivity index (χ0v) is 15.4. The molecule has 0 unspecified atom stereocenters. The Bertz CT molecular complexity index is 1080. The number of carbonyl (C=O) groups excluding carboxylic acids is 2. The SMILES string of the molecule is O=C(O)c1ccc2c(c1)C(=O)N([C@H](CNc1ccccc1)c1ccccc1)C2=O. The van der Waals surface area contributed by atoms with Gasteiger partial charge in [-0.3, -0.25) is 14.5 Å². The van der Waals surface area contributed by atoms with Gasteiger partial charge in [0.25, 0.3) is 11.8 Å². The first-order valence-corrected chi connectivity index (χ1v) is 9.15. The van der Waals surface area contributed by atoms with E-state index in [0.29, 0.717) is 6.54 Å². The van der Waals surface area contributed by atoms with E-state index in [4.69, 9.17) is 0 Å². The molecular weight excluding hydrogens is 368 g/mol. The lowest BCUT2D eigenvalue weighted by molar-refractivity contribution is 0.0589. The lowest BCUT2D eigenvalue weighted by Crippen LogP contribution is -2.37. The Morgan fingerprint density at radius 3 is 2.14 bits per heavy atom. The molecule has 4 rings (SSSR count). The highest BCUT2D eigenvalue weighted by molar-refractivity contribution is 6.22. The van der Waals surface area contributed by atoms with Crippen molar-refractivity contribution < 1.29 is 19.5 Å². The van der Waals surface area contributed by atoms with E-state index in [-0.39, 0.29) is 16.7 Å². The smallest absolute Gasteiger partial charge is 0.335 e. The highest BCUT2D eigenvalue weighted by atomic mass is 16.4. The fraction of sp³-hybridized carbons (Fsp3) is 0.0870. The third-order valence-electron chi connectivity index (χ3n) is 4.93. The predicted molar refractivity (Wildman–Crippen MR) is 108 cm³/mol. The first-order chi connectivity index (χ1) is 14.1. The van der Waals surface area contributed by atoms with Crippen molar-refractivity contribution in [2.75, 3.05) is 11.9 Å². The van der Waals surface area contributed by atoms with Crippen LogP contribution in [0.3, 0.4) is 0 Å². The van der Waals surface area contributed by atoms with Crippen LogP contribution in [0.5, 0.6) is 0 Å². The van der Waals surface area contributed by atoms with E-state index in [1.807, 2.05) is 60.7 Å². The van der Waals surface area contributed by atoms with Crippen LogP contribution in [0.1, 0.15) is 42.7 Å². The van der Waals surface area contributed by atoms with Crippen molar-refractivity contribution in [3.05, 3.63) is 101 Å². The van der Waals surface area contributed by atoms with Crippen molar-refractivity contribution in [1.29, 1.82) is 0 Å². The van der Waals surface area contributed by atoms with Gasteiger partial charge >= 0.3 is 5.97 Å². The maximum atomic E-state index is 13.1. The van der Waals surface area contributed by atoms with Crippen molar-refractivity contribution in [3.63, 3.8) is 0 Å². The van der Waals surface area contributed by atoms with Gasteiger partial charge in [-0.2, -0.15) is 0 Å². The first kappa shape index (κ1) is 18.4. The first-order valence-electron chi connectivity index (χ1n) is 9.15. The number of carboxylic acids is 1. The third-order valence-corrected chi connectivity index (χ3v) is 4.93. The average Bonchev–Trinajstić information content (AvgIpc) is 3.00. The van der Waals surface area contributed by atoms with Gasteiger partial charge in [0, 0.05) is 12.2 Å². The maximum Gasteiger partial charge on any atom is 0.335 e. The summed E-state index contributed by atoms with van der Waals surface area (Å²) in [6.45, 7) is 0.325. The van der Waals surface area contributed by atoms with Gasteiger partial charge in [0.15, 0.2) is 0 Å². The van der Waals surface area contributed by atoms with Crippen molar-refractivity contribution >= 4 is 23.5 Å². The van der Waals surface area contributed by atoms with Crippen molar-refractivity contribution in [3.8, 4) is 0 Å². The minimum atomic E-state index is -1.14. The molecule has 1 aliphatic rings. The minimum Gasteiger partial charge on any atom is -0.478 e. The number of para-hydroxylation sites is 1. The summed E-state index contributed by atoms with van der Waals surface area (Å²) in [6.07, 6.45) is 0. The molecule has 6 nitrogen and oxygen atoms in total. The van der Waals surface area contributed by atoms with Crippen molar-refractivity contribution in [1.82, 2.24) is 4.90 Å². The molecule has 2 amide bonds. The normalized spacial score (nSPS) is 13.9. The zero-order chi connectivity index (χ0) is 20.4. The molecule has 0 saturated heterocycles. The molecule has 0 fully saturated rings. The molecular formula is C23H18N2O4. The molecule has 3 aromatic carbocycles. The summed E-state index contributed by atoms with van der Waals surface area (Å²) in [5.74, 6) is -2.06. The molecule has 0 radical (unpaired) electrons. The van der Waals surface area contributed by atoms with Crippen molar-refractivity contribution in [2.24, 2.45) is 0 Å². The van der Waals surface area contributed by atoms with Crippen LogP contribution in [0.25, 0.3) is 0 Å². The van der Waals surface area contributed by atoms with E-state index in [9.17, 15) is 19.5 Å². The maximum absolute atomic E-state index is 13.1. The summed E-state index contributed by atoms with van der Waals surface area (Å²) in [5.41, 5.74) is 2.00. The lowest BCUT2D eigenvalue weighted by atomic mass is 10.0. The number of anilines is 1. The second-order valence-corrected chi connectivity index (χ2v) is 6.72. The fourth-order valence-corrected chi connectivity index (χ4v) is 3.48. The Morgan fingerprint density at radius 2 is 1.48 bits per heavy atom. The van der Waals surface area contributed by atoms with Crippen LogP contribution in [0.15, 0.2) is 78.9 Å². The topological polar surface area (TPSA) is 86.7 Å². The number of hydrogen-bond acceptors (Lipinski definition) is 4. The summed E-state index contributed by atoms with van der Waals surface area (Å²) in [7, 11) is 0. The van der Waals surface area contributed by atoms with E-state index in [1.165, 1.54) is 23.1 Å². The molecule has 3 aromatic rings. The van der Waals surface area contributed by atoms with E-state index >= 15 is 0 Å². The molecule has 0 bridgehead atoms. The van der Waals surface area contributed by atoms with E-state index in [1.54, 1.807) is 0 Å². The van der Waals surface area contributed by atoms with Crippen LogP contribution in [0, 0.1) is 0 Å². The van der Waals surface area contributed by atoms with Crippen LogP contribution in [-0.2, 0) is 0 Å². The number of imide groups is 1. The van der Waals surface area contributed by atoms with Crippen LogP contribution >= 0.6 is 0 Å². The number of carbonyl (C=O) groups is 3. The molecule has 144 valence electrons. The minimum absolute atomic E-state index is 0.0228. The average molecular weight is 386 g/mol. The summed E-state index contributed by atoms with van der Waals surface area (Å²) < 4.78 is 0. The Morgan fingerprint density at radius 1 is 0.862 bits per heavy atom. The molecule has 1 atom stereocenters. The zero-order valence-electron chi connectivity index (χ0n) is 15.4. The van der Waals surface area contributed by atoms with Gasteiger partial charge in [0.2, 0.25) is 0 Å². The number of carboxylic acid groups (broad SMARTS) is 1. The van der Waals surface area contributed by atoms with Crippen molar-refractivity contribution in [2.45, 2.75) is 6.04 Å². The third kappa shape index (κ3) is 3.48. The Labute approximate surface area is 167 Å². The second kappa shape index (κ2) is 7.59. The molecule has 0 aliphatic carbocycles. The van der Waals surface area contributed by atoms with Crippen LogP contribution in [0.4, 0.5) is 5.69 Å². The Kier molecular flexibility index (Phi) is 4.83. The van der Waals surface area contributed by atoms with E-state index in [0.717, 1.165) is 11.3 Å². The Hall–Kier alpha value is -3.93. The molecule has 1 aliphatic heterocycles. The highest BCUT2D eigenvalue weighted by Crippen LogP contribution is 2.32. The monoisotopic (exact) mass is 386 g/mol. The number of amides is 2. The summed E-state index contributed by atoms with van der Waals surface area (Å²) in [4.78, 5) is 38.6. The molecule has 0 saturated carbocycles. The number of nitrogens with one attached hydrogen (secondary N) is 1. The standard InChI is InChI=1S/C23H18N2O4/c26-21-18-12-11-16(23(28)29)13-19(18)22(27)25(21)20(15-7-3-1-4-8-15)14-24-17-9-5-2-6-10-17/h1-13,20,24H,14H2,(H,28,29)/t20-/m1/s1. The molecule has 1 heterocycles. The summed E-state index contributed by atoms with van der Waals surface area (Å²) in [5, 5.41) is 12.5. The van der Waals surface area contributed by atoms with Gasteiger partial charge in [0.1, 0.15) is 0 Å². The van der Waals surface area contributed by atoms with Gasteiger partial charge in [-0.05, 0) is 35.9 Å². The molecule has 2 N–H and O–H groups in total. The largest absolute Gasteiger partial charge is 0.478 e. The number of aromatic carboxylic acids is 1. The van der Waals surface area contributed by atoms with E-state index < -0.39 is 23.8 Å². The van der Waals surface area contributed by atoms with Gasteiger partial charge < -0.3 is 10.4 Å². The number of hydrogen-bond donors (Lipinski definition) is 2. The van der Waals surface area contributed by atoms with Gasteiger partial charge in [-0.25, -0.2) is 4.79 Å². The quantitative estimate of drug-likeness (QED) is 0.629. The summed E-state index contributed by atoms with van der Waals surface area (Å²) >= 11 is 0. The number of fused-ring (bicyclic) bond motifs is 1. The number of rotatable bonds is 6. The van der Waals surface area contributed by atoms with Crippen LogP contribution in [-0.4, -0.2) is 34.3 Å². The van der Waals surface area contributed by atoms with Crippen LogP contribution < -0.4 is 5.32 Å². The summed E-state index contributed by atoms with van der Waals surface area (Å²) in [6, 6.07) is 22.3. The predicted octanol–water partition coefficient (Wildman–Crippen LogP) is 3.83. The molecule has 6 heteroatoms. The molecule has 0 spiro atoms. The highest BCUT2D eigenvalue weighted by Gasteiger charge is 2.40. The molecule has 29 heavy (non-hydrogen) atoms.